The van der Waals surface area contributed by atoms with Crippen LogP contribution in [-0.4, -0.2) is 35.0 Å². The molecule has 0 radical (unpaired) electrons. The van der Waals surface area contributed by atoms with Crippen LogP contribution in [0.5, 0.6) is 0 Å². The topological polar surface area (TPSA) is 99.2 Å². The number of nitrogens with one attached hydrogen (secondary N) is 1. The number of carbonyl (C=O) groups excluding carboxylic acids is 2. The van der Waals surface area contributed by atoms with Crippen molar-refractivity contribution in [2.45, 2.75) is 19.8 Å². The van der Waals surface area contributed by atoms with Crippen LogP contribution in [0.15, 0.2) is 34.9 Å². The lowest BCUT2D eigenvalue weighted by Gasteiger charge is -2.31. The molecule has 0 aliphatic carbocycles. The number of amides is 2. The molecule has 2 heterocycles. The van der Waals surface area contributed by atoms with Crippen molar-refractivity contribution in [3.8, 4) is 6.07 Å². The van der Waals surface area contributed by atoms with Crippen LogP contribution in [0.2, 0.25) is 0 Å². The Morgan fingerprint density at radius 1 is 1.32 bits per heavy atom. The monoisotopic (exact) mass is 338 g/mol. The quantitative estimate of drug-likeness (QED) is 0.926. The van der Waals surface area contributed by atoms with Crippen LogP contribution in [0.1, 0.15) is 34.5 Å². The molecule has 3 rings (SSSR count). The first kappa shape index (κ1) is 16.7. The third kappa shape index (κ3) is 3.86. The molecule has 25 heavy (non-hydrogen) atoms. The normalized spacial score (nSPS) is 14.8. The number of carbonyl (C=O) groups is 2. The number of likely N-dealkylation sites (tertiary alicyclic amines) is 1. The van der Waals surface area contributed by atoms with E-state index in [-0.39, 0.29) is 17.7 Å². The molecule has 2 aromatic rings. The highest BCUT2D eigenvalue weighted by Crippen LogP contribution is 2.21. The van der Waals surface area contributed by atoms with Gasteiger partial charge in [0, 0.05) is 30.6 Å². The van der Waals surface area contributed by atoms with E-state index in [1.54, 1.807) is 42.2 Å². The van der Waals surface area contributed by atoms with Gasteiger partial charge in [0.2, 0.25) is 5.91 Å². The Morgan fingerprint density at radius 3 is 2.72 bits per heavy atom. The van der Waals surface area contributed by atoms with Crippen molar-refractivity contribution in [1.82, 2.24) is 10.1 Å². The molecule has 7 nitrogen and oxygen atoms in total. The van der Waals surface area contributed by atoms with Gasteiger partial charge in [0.15, 0.2) is 5.82 Å². The van der Waals surface area contributed by atoms with E-state index in [0.717, 1.165) is 0 Å². The van der Waals surface area contributed by atoms with E-state index in [1.807, 2.05) is 6.07 Å². The number of anilines is 1. The molecular formula is C18H18N4O3. The van der Waals surface area contributed by atoms with E-state index in [2.05, 4.69) is 10.5 Å². The molecular weight excluding hydrogens is 320 g/mol. The fourth-order valence-electron chi connectivity index (χ4n) is 2.90. The summed E-state index contributed by atoms with van der Waals surface area (Å²) in [6.45, 7) is 2.77. The van der Waals surface area contributed by atoms with Crippen LogP contribution >= 0.6 is 0 Å². The lowest BCUT2D eigenvalue weighted by Crippen LogP contribution is -2.41. The average Bonchev–Trinajstić information content (AvgIpc) is 3.06. The number of nitriles is 1. The average molecular weight is 338 g/mol. The zero-order chi connectivity index (χ0) is 17.8. The molecule has 1 saturated heterocycles. The Kier molecular flexibility index (Phi) is 4.80. The highest BCUT2D eigenvalue weighted by molar-refractivity contribution is 5.95. The highest BCUT2D eigenvalue weighted by atomic mass is 16.5. The Bertz CT molecular complexity index is 829. The number of piperidine rings is 1. The smallest absolute Gasteiger partial charge is 0.253 e. The van der Waals surface area contributed by atoms with Crippen LogP contribution in [0, 0.1) is 24.2 Å². The number of benzene rings is 1. The molecule has 2 amide bonds. The van der Waals surface area contributed by atoms with Gasteiger partial charge in [-0.3, -0.25) is 9.59 Å². The number of nitrogens with zero attached hydrogens (tertiary/aromatic N) is 3. The summed E-state index contributed by atoms with van der Waals surface area (Å²) in [5.74, 6) is 0.672. The van der Waals surface area contributed by atoms with E-state index in [1.165, 1.54) is 0 Å². The second-order valence-electron chi connectivity index (χ2n) is 6.07. The molecule has 7 heteroatoms. The molecule has 1 aliphatic rings. The number of aryl methyl sites for hydroxylation is 1. The first-order valence-corrected chi connectivity index (χ1v) is 8.10. The summed E-state index contributed by atoms with van der Waals surface area (Å²) in [5.41, 5.74) is 0.961. The molecule has 1 fully saturated rings. The van der Waals surface area contributed by atoms with Gasteiger partial charge in [-0.2, -0.15) is 5.26 Å². The first-order chi connectivity index (χ1) is 12.1. The Hall–Kier alpha value is -3.14. The van der Waals surface area contributed by atoms with E-state index >= 15 is 0 Å². The molecule has 1 aromatic heterocycles. The molecule has 0 atom stereocenters. The van der Waals surface area contributed by atoms with Crippen molar-refractivity contribution in [2.24, 2.45) is 5.92 Å². The van der Waals surface area contributed by atoms with Crippen molar-refractivity contribution in [2.75, 3.05) is 18.4 Å². The predicted octanol–water partition coefficient (Wildman–Crippen LogP) is 2.35. The van der Waals surface area contributed by atoms with Gasteiger partial charge in [0.1, 0.15) is 5.76 Å². The first-order valence-electron chi connectivity index (χ1n) is 8.10. The van der Waals surface area contributed by atoms with Gasteiger partial charge in [0.05, 0.1) is 11.6 Å². The maximum Gasteiger partial charge on any atom is 0.253 e. The second-order valence-corrected chi connectivity index (χ2v) is 6.07. The molecule has 1 aromatic carbocycles. The third-order valence-corrected chi connectivity index (χ3v) is 4.27. The summed E-state index contributed by atoms with van der Waals surface area (Å²) in [6.07, 6.45) is 1.18. The number of aromatic nitrogens is 1. The second kappa shape index (κ2) is 7.18. The zero-order valence-electron chi connectivity index (χ0n) is 13.9. The Morgan fingerprint density at radius 2 is 2.08 bits per heavy atom. The Labute approximate surface area is 145 Å². The van der Waals surface area contributed by atoms with E-state index in [0.29, 0.717) is 48.6 Å². The van der Waals surface area contributed by atoms with Crippen molar-refractivity contribution in [3.05, 3.63) is 47.2 Å². The van der Waals surface area contributed by atoms with Gasteiger partial charge in [-0.15, -0.1) is 0 Å². The summed E-state index contributed by atoms with van der Waals surface area (Å²) in [6, 6.07) is 10.4. The Balaban J connectivity index is 1.56. The van der Waals surface area contributed by atoms with Gasteiger partial charge in [-0.05, 0) is 38.0 Å². The number of hydrogen-bond donors (Lipinski definition) is 1. The fourth-order valence-corrected chi connectivity index (χ4v) is 2.90. The molecule has 0 unspecified atom stereocenters. The van der Waals surface area contributed by atoms with Gasteiger partial charge >= 0.3 is 0 Å². The number of hydrogen-bond acceptors (Lipinski definition) is 5. The standard InChI is InChI=1S/C18H18N4O3/c1-12-9-16(21-25-12)20-17(23)14-5-7-22(8-6-14)18(24)15-4-2-3-13(10-15)11-19/h2-4,9-10,14H,5-8H2,1H3,(H,20,21,23). The summed E-state index contributed by atoms with van der Waals surface area (Å²) < 4.78 is 4.93. The maximum atomic E-state index is 12.5. The molecule has 1 aliphatic heterocycles. The molecule has 128 valence electrons. The molecule has 0 spiro atoms. The largest absolute Gasteiger partial charge is 0.360 e. The van der Waals surface area contributed by atoms with Crippen LogP contribution in [0.4, 0.5) is 5.82 Å². The molecule has 0 saturated carbocycles. The third-order valence-electron chi connectivity index (χ3n) is 4.27. The summed E-state index contributed by atoms with van der Waals surface area (Å²) in [4.78, 5) is 26.5. The van der Waals surface area contributed by atoms with Gasteiger partial charge in [-0.1, -0.05) is 11.2 Å². The van der Waals surface area contributed by atoms with Crippen molar-refractivity contribution in [1.29, 1.82) is 5.26 Å². The zero-order valence-corrected chi connectivity index (χ0v) is 13.9. The SMILES string of the molecule is Cc1cc(NC(=O)C2CCN(C(=O)c3cccc(C#N)c3)CC2)no1. The van der Waals surface area contributed by atoms with Gasteiger partial charge in [-0.25, -0.2) is 0 Å². The van der Waals surface area contributed by atoms with Crippen molar-refractivity contribution in [3.63, 3.8) is 0 Å². The highest BCUT2D eigenvalue weighted by Gasteiger charge is 2.28. The summed E-state index contributed by atoms with van der Waals surface area (Å²) in [7, 11) is 0. The minimum atomic E-state index is -0.161. The van der Waals surface area contributed by atoms with Crippen LogP contribution in [-0.2, 0) is 4.79 Å². The van der Waals surface area contributed by atoms with Crippen LogP contribution < -0.4 is 5.32 Å². The van der Waals surface area contributed by atoms with E-state index in [9.17, 15) is 9.59 Å². The molecule has 1 N–H and O–H groups in total. The maximum absolute atomic E-state index is 12.5. The molecule has 0 bridgehead atoms. The van der Waals surface area contributed by atoms with E-state index in [4.69, 9.17) is 9.78 Å². The van der Waals surface area contributed by atoms with Crippen LogP contribution in [0.3, 0.4) is 0 Å². The van der Waals surface area contributed by atoms with E-state index < -0.39 is 0 Å². The van der Waals surface area contributed by atoms with Crippen molar-refractivity contribution < 1.29 is 14.1 Å². The predicted molar refractivity (Wildman–Crippen MR) is 89.7 cm³/mol. The van der Waals surface area contributed by atoms with Gasteiger partial charge in [0.25, 0.3) is 5.91 Å². The fraction of sp³-hybridized carbons (Fsp3) is 0.333. The van der Waals surface area contributed by atoms with Crippen molar-refractivity contribution >= 4 is 17.6 Å². The van der Waals surface area contributed by atoms with Crippen LogP contribution in [0.25, 0.3) is 0 Å². The number of rotatable bonds is 3. The van der Waals surface area contributed by atoms with Gasteiger partial charge < -0.3 is 14.7 Å². The summed E-state index contributed by atoms with van der Waals surface area (Å²) >= 11 is 0. The lowest BCUT2D eigenvalue weighted by molar-refractivity contribution is -0.121. The minimum absolute atomic E-state index is 0.105. The summed E-state index contributed by atoms with van der Waals surface area (Å²) in [5, 5.41) is 15.4. The lowest BCUT2D eigenvalue weighted by atomic mass is 9.95. The minimum Gasteiger partial charge on any atom is -0.360 e.